The molecule has 0 aromatic carbocycles. The molecule has 1 aliphatic carbocycles. The molecule has 100 valence electrons. The Morgan fingerprint density at radius 2 is 1.65 bits per heavy atom. The van der Waals surface area contributed by atoms with Gasteiger partial charge in [0.15, 0.2) is 0 Å². The first kappa shape index (κ1) is 13.3. The van der Waals surface area contributed by atoms with Crippen molar-refractivity contribution in [1.82, 2.24) is 9.80 Å². The van der Waals surface area contributed by atoms with E-state index in [4.69, 9.17) is 5.73 Å². The summed E-state index contributed by atoms with van der Waals surface area (Å²) in [4.78, 5) is 5.24. The fraction of sp³-hybridized carbons (Fsp3) is 1.00. The van der Waals surface area contributed by atoms with Gasteiger partial charge in [0.2, 0.25) is 0 Å². The number of hydrogen-bond donors (Lipinski definition) is 1. The van der Waals surface area contributed by atoms with Crippen molar-refractivity contribution in [3.8, 4) is 0 Å². The third-order valence-corrected chi connectivity index (χ3v) is 4.76. The molecule has 2 aliphatic rings. The van der Waals surface area contributed by atoms with Gasteiger partial charge >= 0.3 is 0 Å². The van der Waals surface area contributed by atoms with Crippen LogP contribution in [-0.4, -0.2) is 55.1 Å². The minimum Gasteiger partial charge on any atom is -0.329 e. The molecule has 0 aromatic rings. The number of piperazine rings is 1. The molecule has 17 heavy (non-hydrogen) atoms. The monoisotopic (exact) mass is 239 g/mol. The fourth-order valence-corrected chi connectivity index (χ4v) is 3.45. The molecule has 3 nitrogen and oxygen atoms in total. The van der Waals surface area contributed by atoms with E-state index in [9.17, 15) is 0 Å². The predicted molar refractivity (Wildman–Crippen MR) is 73.1 cm³/mol. The highest BCUT2D eigenvalue weighted by atomic mass is 15.3. The van der Waals surface area contributed by atoms with E-state index in [1.165, 1.54) is 58.3 Å². The van der Waals surface area contributed by atoms with Gasteiger partial charge in [0, 0.05) is 45.3 Å². The van der Waals surface area contributed by atoms with Gasteiger partial charge in [-0.25, -0.2) is 0 Å². The largest absolute Gasteiger partial charge is 0.329 e. The van der Waals surface area contributed by atoms with Gasteiger partial charge in [-0.2, -0.15) is 0 Å². The van der Waals surface area contributed by atoms with E-state index in [-0.39, 0.29) is 0 Å². The van der Waals surface area contributed by atoms with E-state index in [0.717, 1.165) is 25.0 Å². The molecule has 2 N–H and O–H groups in total. The van der Waals surface area contributed by atoms with Crippen LogP contribution in [0, 0.1) is 5.92 Å². The average molecular weight is 239 g/mol. The zero-order valence-electron chi connectivity index (χ0n) is 11.4. The van der Waals surface area contributed by atoms with E-state index in [1.54, 1.807) is 0 Å². The Hall–Kier alpha value is -0.120. The van der Waals surface area contributed by atoms with Crippen LogP contribution in [0.4, 0.5) is 0 Å². The molecule has 0 radical (unpaired) electrons. The summed E-state index contributed by atoms with van der Waals surface area (Å²) in [6.45, 7) is 9.22. The zero-order valence-corrected chi connectivity index (χ0v) is 11.4. The minimum absolute atomic E-state index is 0.807. The summed E-state index contributed by atoms with van der Waals surface area (Å²) in [6, 6.07) is 0.887. The van der Waals surface area contributed by atoms with E-state index in [0.29, 0.717) is 0 Å². The van der Waals surface area contributed by atoms with Crippen molar-refractivity contribution in [3.05, 3.63) is 0 Å². The Morgan fingerprint density at radius 1 is 1.00 bits per heavy atom. The number of nitrogens with two attached hydrogens (primary N) is 1. The van der Waals surface area contributed by atoms with E-state index < -0.39 is 0 Å². The maximum absolute atomic E-state index is 5.61. The van der Waals surface area contributed by atoms with Crippen molar-refractivity contribution >= 4 is 0 Å². The first-order chi connectivity index (χ1) is 8.33. The summed E-state index contributed by atoms with van der Waals surface area (Å²) in [6.07, 6.45) is 7.19. The highest BCUT2D eigenvalue weighted by Crippen LogP contribution is 2.29. The van der Waals surface area contributed by atoms with Gasteiger partial charge in [0.1, 0.15) is 0 Å². The third kappa shape index (κ3) is 3.67. The number of rotatable bonds is 4. The molecule has 0 amide bonds. The van der Waals surface area contributed by atoms with Crippen LogP contribution in [0.15, 0.2) is 0 Å². The molecule has 1 heterocycles. The summed E-state index contributed by atoms with van der Waals surface area (Å²) in [5, 5.41) is 0. The van der Waals surface area contributed by atoms with Crippen LogP contribution in [0.2, 0.25) is 0 Å². The summed E-state index contributed by atoms with van der Waals surface area (Å²) in [7, 11) is 0. The quantitative estimate of drug-likeness (QED) is 0.807. The number of nitrogens with zero attached hydrogens (tertiary/aromatic N) is 2. The zero-order chi connectivity index (χ0) is 12.1. The Labute approximate surface area is 106 Å². The second kappa shape index (κ2) is 6.72. The lowest BCUT2D eigenvalue weighted by molar-refractivity contribution is 0.0715. The van der Waals surface area contributed by atoms with Crippen LogP contribution in [0.5, 0.6) is 0 Å². The normalized spacial score (nSPS) is 32.8. The van der Waals surface area contributed by atoms with Gasteiger partial charge in [-0.05, 0) is 31.6 Å². The standard InChI is InChI=1S/C14H29N3/c1-2-13-3-5-14(6-4-13)17-11-9-16(8-7-15)10-12-17/h13-14H,2-12,15H2,1H3. The SMILES string of the molecule is CCC1CCC(N2CCN(CCN)CC2)CC1. The Kier molecular flexibility index (Phi) is 5.26. The summed E-state index contributed by atoms with van der Waals surface area (Å²) in [5.41, 5.74) is 5.61. The lowest BCUT2D eigenvalue weighted by Gasteiger charge is -2.41. The first-order valence-electron chi connectivity index (χ1n) is 7.50. The summed E-state index contributed by atoms with van der Waals surface area (Å²) in [5.74, 6) is 1.02. The van der Waals surface area contributed by atoms with Gasteiger partial charge in [-0.3, -0.25) is 9.80 Å². The first-order valence-corrected chi connectivity index (χ1v) is 7.50. The summed E-state index contributed by atoms with van der Waals surface area (Å²) < 4.78 is 0. The highest BCUT2D eigenvalue weighted by molar-refractivity contribution is 4.83. The molecule has 0 aromatic heterocycles. The Bertz CT molecular complexity index is 204. The Balaban J connectivity index is 1.70. The molecule has 2 rings (SSSR count). The second-order valence-corrected chi connectivity index (χ2v) is 5.75. The molecule has 0 unspecified atom stereocenters. The van der Waals surface area contributed by atoms with Crippen LogP contribution in [-0.2, 0) is 0 Å². The molecule has 0 spiro atoms. The van der Waals surface area contributed by atoms with Gasteiger partial charge < -0.3 is 5.73 Å². The molecule has 1 saturated heterocycles. The maximum Gasteiger partial charge on any atom is 0.0113 e. The Morgan fingerprint density at radius 3 is 2.18 bits per heavy atom. The average Bonchev–Trinajstić information content (AvgIpc) is 2.40. The number of hydrogen-bond acceptors (Lipinski definition) is 3. The molecule has 2 fully saturated rings. The van der Waals surface area contributed by atoms with Gasteiger partial charge in [0.05, 0.1) is 0 Å². The lowest BCUT2D eigenvalue weighted by Crippen LogP contribution is -2.51. The second-order valence-electron chi connectivity index (χ2n) is 5.75. The summed E-state index contributed by atoms with van der Waals surface area (Å²) >= 11 is 0. The minimum atomic E-state index is 0.807. The lowest BCUT2D eigenvalue weighted by atomic mass is 9.84. The fourth-order valence-electron chi connectivity index (χ4n) is 3.45. The van der Waals surface area contributed by atoms with Crippen LogP contribution in [0.3, 0.4) is 0 Å². The van der Waals surface area contributed by atoms with Crippen molar-refractivity contribution in [3.63, 3.8) is 0 Å². The predicted octanol–water partition coefficient (Wildman–Crippen LogP) is 1.53. The molecule has 0 atom stereocenters. The van der Waals surface area contributed by atoms with Crippen LogP contribution in [0.25, 0.3) is 0 Å². The maximum atomic E-state index is 5.61. The van der Waals surface area contributed by atoms with Crippen molar-refractivity contribution in [2.24, 2.45) is 11.7 Å². The van der Waals surface area contributed by atoms with Gasteiger partial charge in [0.25, 0.3) is 0 Å². The molecular weight excluding hydrogens is 210 g/mol. The topological polar surface area (TPSA) is 32.5 Å². The van der Waals surface area contributed by atoms with Crippen molar-refractivity contribution < 1.29 is 0 Å². The molecule has 3 heteroatoms. The van der Waals surface area contributed by atoms with Gasteiger partial charge in [-0.1, -0.05) is 13.3 Å². The van der Waals surface area contributed by atoms with Gasteiger partial charge in [-0.15, -0.1) is 0 Å². The van der Waals surface area contributed by atoms with Crippen LogP contribution < -0.4 is 5.73 Å². The third-order valence-electron chi connectivity index (χ3n) is 4.76. The molecule has 1 saturated carbocycles. The van der Waals surface area contributed by atoms with Crippen LogP contribution >= 0.6 is 0 Å². The molecule has 0 bridgehead atoms. The van der Waals surface area contributed by atoms with E-state index in [1.807, 2.05) is 0 Å². The van der Waals surface area contributed by atoms with Crippen molar-refractivity contribution in [2.75, 3.05) is 39.3 Å². The van der Waals surface area contributed by atoms with Crippen LogP contribution in [0.1, 0.15) is 39.0 Å². The van der Waals surface area contributed by atoms with Crippen molar-refractivity contribution in [1.29, 1.82) is 0 Å². The molecular formula is C14H29N3. The van der Waals surface area contributed by atoms with E-state index >= 15 is 0 Å². The van der Waals surface area contributed by atoms with Crippen molar-refractivity contribution in [2.45, 2.75) is 45.1 Å². The smallest absolute Gasteiger partial charge is 0.0113 e. The van der Waals surface area contributed by atoms with E-state index in [2.05, 4.69) is 16.7 Å². The highest BCUT2D eigenvalue weighted by Gasteiger charge is 2.27. The molecule has 1 aliphatic heterocycles.